The molecule has 2 rings (SSSR count). The van der Waals surface area contributed by atoms with Crippen LogP contribution >= 0.6 is 0 Å². The summed E-state index contributed by atoms with van der Waals surface area (Å²) in [4.78, 5) is 0. The van der Waals surface area contributed by atoms with E-state index in [-0.39, 0.29) is 12.1 Å². The van der Waals surface area contributed by atoms with E-state index in [1.54, 1.807) is 0 Å². The van der Waals surface area contributed by atoms with Crippen LogP contribution in [0.15, 0.2) is 30.3 Å². The van der Waals surface area contributed by atoms with Crippen molar-refractivity contribution in [2.45, 2.75) is 32.5 Å². The lowest BCUT2D eigenvalue weighted by atomic mass is 10.2. The molecule has 0 aliphatic carbocycles. The molecule has 1 aromatic carbocycles. The van der Waals surface area contributed by atoms with Gasteiger partial charge in [-0.2, -0.15) is 4.31 Å². The fourth-order valence-corrected chi connectivity index (χ4v) is 2.82. The highest BCUT2D eigenvalue weighted by Gasteiger charge is 2.35. The van der Waals surface area contributed by atoms with Gasteiger partial charge >= 0.3 is 0 Å². The topological polar surface area (TPSA) is 29.5 Å². The first-order chi connectivity index (χ1) is 7.18. The SMILES string of the molecule is CC1OS(=O)N(Cc2ccccc2)[C@H]1C. The highest BCUT2D eigenvalue weighted by molar-refractivity contribution is 7.78. The Morgan fingerprint density at radius 3 is 2.53 bits per heavy atom. The van der Waals surface area contributed by atoms with Gasteiger partial charge in [0.2, 0.25) is 11.3 Å². The van der Waals surface area contributed by atoms with Crippen LogP contribution in [0.25, 0.3) is 0 Å². The van der Waals surface area contributed by atoms with E-state index in [0.717, 1.165) is 5.56 Å². The van der Waals surface area contributed by atoms with Gasteiger partial charge in [-0.1, -0.05) is 30.3 Å². The Morgan fingerprint density at radius 1 is 1.33 bits per heavy atom. The Balaban J connectivity index is 2.09. The van der Waals surface area contributed by atoms with Crippen LogP contribution in [0.2, 0.25) is 0 Å². The number of hydrogen-bond donors (Lipinski definition) is 0. The van der Waals surface area contributed by atoms with Crippen molar-refractivity contribution in [1.29, 1.82) is 0 Å². The molecule has 0 aromatic heterocycles. The zero-order chi connectivity index (χ0) is 10.8. The molecule has 3 nitrogen and oxygen atoms in total. The van der Waals surface area contributed by atoms with E-state index >= 15 is 0 Å². The highest BCUT2D eigenvalue weighted by Crippen LogP contribution is 2.23. The first-order valence-electron chi connectivity index (χ1n) is 5.08. The summed E-state index contributed by atoms with van der Waals surface area (Å²) in [5, 5.41) is 0. The molecule has 0 bridgehead atoms. The van der Waals surface area contributed by atoms with Gasteiger partial charge in [0.25, 0.3) is 0 Å². The van der Waals surface area contributed by atoms with Crippen molar-refractivity contribution in [3.63, 3.8) is 0 Å². The second-order valence-corrected chi connectivity index (χ2v) is 4.92. The minimum Gasteiger partial charge on any atom is -0.273 e. The van der Waals surface area contributed by atoms with Crippen molar-refractivity contribution in [3.05, 3.63) is 35.9 Å². The molecule has 1 fully saturated rings. The molecular weight excluding hydrogens is 210 g/mol. The van der Waals surface area contributed by atoms with Crippen molar-refractivity contribution in [2.24, 2.45) is 0 Å². The van der Waals surface area contributed by atoms with E-state index in [9.17, 15) is 4.21 Å². The predicted molar refractivity (Wildman–Crippen MR) is 60.1 cm³/mol. The Morgan fingerprint density at radius 2 is 2.00 bits per heavy atom. The van der Waals surface area contributed by atoms with Gasteiger partial charge in [-0.3, -0.25) is 4.18 Å². The lowest BCUT2D eigenvalue weighted by Gasteiger charge is -2.17. The second kappa shape index (κ2) is 4.43. The molecule has 15 heavy (non-hydrogen) atoms. The third-order valence-corrected chi connectivity index (χ3v) is 4.05. The number of hydrogen-bond acceptors (Lipinski definition) is 2. The lowest BCUT2D eigenvalue weighted by Crippen LogP contribution is -2.30. The van der Waals surface area contributed by atoms with Crippen LogP contribution in [0.5, 0.6) is 0 Å². The fourth-order valence-electron chi connectivity index (χ4n) is 1.60. The average molecular weight is 225 g/mol. The maximum Gasteiger partial charge on any atom is 0.238 e. The Hall–Kier alpha value is -0.710. The Labute approximate surface area is 92.8 Å². The summed E-state index contributed by atoms with van der Waals surface area (Å²) < 4.78 is 18.7. The lowest BCUT2D eigenvalue weighted by molar-refractivity contribution is 0.225. The zero-order valence-corrected chi connectivity index (χ0v) is 9.74. The van der Waals surface area contributed by atoms with E-state index in [2.05, 4.69) is 0 Å². The van der Waals surface area contributed by atoms with Gasteiger partial charge in [0.05, 0.1) is 6.10 Å². The molecule has 0 N–H and O–H groups in total. The van der Waals surface area contributed by atoms with E-state index in [1.807, 2.05) is 48.5 Å². The van der Waals surface area contributed by atoms with Crippen LogP contribution in [0.3, 0.4) is 0 Å². The molecule has 1 aliphatic heterocycles. The second-order valence-electron chi connectivity index (χ2n) is 3.82. The third-order valence-electron chi connectivity index (χ3n) is 2.74. The summed E-state index contributed by atoms with van der Waals surface area (Å²) in [7, 11) is 0. The third kappa shape index (κ3) is 2.27. The van der Waals surface area contributed by atoms with Crippen molar-refractivity contribution >= 4 is 11.3 Å². The maximum absolute atomic E-state index is 11.6. The molecule has 2 unspecified atom stereocenters. The van der Waals surface area contributed by atoms with Crippen molar-refractivity contribution < 1.29 is 8.39 Å². The quantitative estimate of drug-likeness (QED) is 0.769. The predicted octanol–water partition coefficient (Wildman–Crippen LogP) is 1.87. The molecule has 3 atom stereocenters. The molecule has 1 saturated heterocycles. The average Bonchev–Trinajstić information content (AvgIpc) is 2.47. The maximum atomic E-state index is 11.6. The van der Waals surface area contributed by atoms with Crippen LogP contribution in [-0.4, -0.2) is 20.7 Å². The molecule has 0 amide bonds. The first kappa shape index (κ1) is 10.8. The molecule has 0 saturated carbocycles. The van der Waals surface area contributed by atoms with Crippen LogP contribution in [0, 0.1) is 0 Å². The number of benzene rings is 1. The summed E-state index contributed by atoms with van der Waals surface area (Å²) >= 11 is -1.29. The summed E-state index contributed by atoms with van der Waals surface area (Å²) in [5.74, 6) is 0. The normalized spacial score (nSPS) is 32.0. The minimum atomic E-state index is -1.29. The van der Waals surface area contributed by atoms with E-state index in [4.69, 9.17) is 4.18 Å². The van der Waals surface area contributed by atoms with Gasteiger partial charge < -0.3 is 0 Å². The Kier molecular flexibility index (Phi) is 3.19. The first-order valence-corrected chi connectivity index (χ1v) is 6.11. The highest BCUT2D eigenvalue weighted by atomic mass is 32.2. The molecule has 0 spiro atoms. The summed E-state index contributed by atoms with van der Waals surface area (Å²) in [6, 6.07) is 10.2. The van der Waals surface area contributed by atoms with E-state index in [0.29, 0.717) is 6.54 Å². The van der Waals surface area contributed by atoms with E-state index in [1.165, 1.54) is 0 Å². The number of nitrogens with zero attached hydrogens (tertiary/aromatic N) is 1. The monoisotopic (exact) mass is 225 g/mol. The summed E-state index contributed by atoms with van der Waals surface area (Å²) in [5.41, 5.74) is 1.16. The van der Waals surface area contributed by atoms with E-state index < -0.39 is 11.3 Å². The van der Waals surface area contributed by atoms with Crippen LogP contribution in [0.4, 0.5) is 0 Å². The summed E-state index contributed by atoms with van der Waals surface area (Å²) in [6.45, 7) is 4.67. The van der Waals surface area contributed by atoms with Crippen LogP contribution in [0.1, 0.15) is 19.4 Å². The van der Waals surface area contributed by atoms with Gasteiger partial charge in [0.1, 0.15) is 0 Å². The molecule has 82 valence electrons. The summed E-state index contributed by atoms with van der Waals surface area (Å²) in [6.07, 6.45) is 0.0366. The van der Waals surface area contributed by atoms with Crippen molar-refractivity contribution in [1.82, 2.24) is 4.31 Å². The van der Waals surface area contributed by atoms with Crippen molar-refractivity contribution in [2.75, 3.05) is 0 Å². The standard InChI is InChI=1S/C11H15NO2S/c1-9-10(2)14-15(13)12(9)8-11-6-4-3-5-7-11/h3-7,9-10H,8H2,1-2H3/t9-,10?,15?/m0/s1. The molecule has 4 heteroatoms. The van der Waals surface area contributed by atoms with Crippen molar-refractivity contribution in [3.8, 4) is 0 Å². The van der Waals surface area contributed by atoms with Gasteiger partial charge in [-0.05, 0) is 19.4 Å². The smallest absolute Gasteiger partial charge is 0.238 e. The van der Waals surface area contributed by atoms with Gasteiger partial charge in [0, 0.05) is 12.6 Å². The molecule has 0 radical (unpaired) electrons. The fraction of sp³-hybridized carbons (Fsp3) is 0.455. The van der Waals surface area contributed by atoms with Gasteiger partial charge in [0.15, 0.2) is 0 Å². The minimum absolute atomic E-state index is 0.0366. The van der Waals surface area contributed by atoms with Crippen LogP contribution in [-0.2, 0) is 22.0 Å². The number of rotatable bonds is 2. The molecule has 1 heterocycles. The largest absolute Gasteiger partial charge is 0.273 e. The molecule has 1 aliphatic rings. The van der Waals surface area contributed by atoms with Crippen LogP contribution < -0.4 is 0 Å². The zero-order valence-electron chi connectivity index (χ0n) is 8.92. The Bertz CT molecular complexity index is 355. The van der Waals surface area contributed by atoms with Gasteiger partial charge in [-0.15, -0.1) is 0 Å². The molecule has 1 aromatic rings. The van der Waals surface area contributed by atoms with Gasteiger partial charge in [-0.25, -0.2) is 4.21 Å². The molecular formula is C11H15NO2S.